The van der Waals surface area contributed by atoms with E-state index < -0.39 is 53.5 Å². The maximum atomic E-state index is 13.1. The SMILES string of the molecule is CC(C)C(=O)Nc1nc2c(ncn2[C@@H]2O[C@@H]3CO[Si](C(C)C)(C(C)C)O[Si](C(C)C)(C(C)C)O[C@H]3[C@H]2OC2CCCCO2)c(=O)[nH]1. The van der Waals surface area contributed by atoms with Crippen molar-refractivity contribution in [1.29, 1.82) is 0 Å². The number of nitrogens with zero attached hydrogens (tertiary/aromatic N) is 3. The predicted octanol–water partition coefficient (Wildman–Crippen LogP) is 5.48. The van der Waals surface area contributed by atoms with Crippen LogP contribution in [0.3, 0.4) is 0 Å². The highest BCUT2D eigenvalue weighted by molar-refractivity contribution is 6.84. The second-order valence-electron chi connectivity index (χ2n) is 14.4. The fourth-order valence-corrected chi connectivity index (χ4v) is 18.1. The van der Waals surface area contributed by atoms with Gasteiger partial charge in [-0.3, -0.25) is 24.5 Å². The smallest absolute Gasteiger partial charge is 0.335 e. The van der Waals surface area contributed by atoms with Gasteiger partial charge >= 0.3 is 17.1 Å². The van der Waals surface area contributed by atoms with Crippen LogP contribution in [-0.2, 0) is 32.0 Å². The van der Waals surface area contributed by atoms with Crippen LogP contribution in [-0.4, -0.2) is 80.4 Å². The average Bonchev–Trinajstić information content (AvgIpc) is 3.54. The van der Waals surface area contributed by atoms with Crippen molar-refractivity contribution < 1.29 is 32.0 Å². The molecule has 0 radical (unpaired) electrons. The van der Waals surface area contributed by atoms with Crippen molar-refractivity contribution in [2.75, 3.05) is 18.5 Å². The Kier molecular flexibility index (Phi) is 10.6. The van der Waals surface area contributed by atoms with Gasteiger partial charge in [-0.1, -0.05) is 69.2 Å². The predicted molar refractivity (Wildman–Crippen MR) is 178 cm³/mol. The molecule has 0 saturated carbocycles. The van der Waals surface area contributed by atoms with Crippen LogP contribution in [0.1, 0.15) is 94.7 Å². The first-order valence-electron chi connectivity index (χ1n) is 16.9. The normalized spacial score (nSPS) is 28.3. The molecule has 0 aliphatic carbocycles. The molecule has 15 heteroatoms. The van der Waals surface area contributed by atoms with E-state index in [9.17, 15) is 9.59 Å². The number of hydrogen-bond donors (Lipinski definition) is 2. The highest BCUT2D eigenvalue weighted by atomic mass is 28.5. The topological polar surface area (TPSA) is 148 Å². The minimum atomic E-state index is -3.00. The largest absolute Gasteiger partial charge is 0.414 e. The molecule has 46 heavy (non-hydrogen) atoms. The number of nitrogens with one attached hydrogen (secondary N) is 2. The number of rotatable bonds is 9. The van der Waals surface area contributed by atoms with Crippen molar-refractivity contribution in [3.63, 3.8) is 0 Å². The van der Waals surface area contributed by atoms with Crippen LogP contribution >= 0.6 is 0 Å². The zero-order chi connectivity index (χ0) is 33.6. The van der Waals surface area contributed by atoms with Crippen molar-refractivity contribution in [3.8, 4) is 0 Å². The lowest BCUT2D eigenvalue weighted by atomic mass is 10.1. The Hall–Kier alpha value is -1.99. The van der Waals surface area contributed by atoms with Gasteiger partial charge in [0.15, 0.2) is 23.7 Å². The highest BCUT2D eigenvalue weighted by Crippen LogP contribution is 2.49. The summed E-state index contributed by atoms with van der Waals surface area (Å²) in [5, 5.41) is 2.70. The van der Waals surface area contributed by atoms with E-state index in [1.54, 1.807) is 18.4 Å². The molecule has 2 aromatic heterocycles. The number of aromatic nitrogens is 4. The molecule has 3 aliphatic rings. The van der Waals surface area contributed by atoms with Gasteiger partial charge in [0.25, 0.3) is 5.56 Å². The van der Waals surface area contributed by atoms with Crippen LogP contribution in [0.25, 0.3) is 11.2 Å². The van der Waals surface area contributed by atoms with Crippen LogP contribution in [0.4, 0.5) is 5.95 Å². The van der Waals surface area contributed by atoms with Gasteiger partial charge in [0, 0.05) is 12.5 Å². The van der Waals surface area contributed by atoms with Crippen molar-refractivity contribution in [2.24, 2.45) is 5.92 Å². The molecule has 2 N–H and O–H groups in total. The third-order valence-corrected chi connectivity index (χ3v) is 19.8. The van der Waals surface area contributed by atoms with Gasteiger partial charge in [-0.05, 0) is 41.4 Å². The van der Waals surface area contributed by atoms with Crippen molar-refractivity contribution in [3.05, 3.63) is 16.7 Å². The molecule has 1 unspecified atom stereocenters. The number of fused-ring (bicyclic) bond motifs is 2. The summed E-state index contributed by atoms with van der Waals surface area (Å²) < 4.78 is 43.2. The molecule has 13 nitrogen and oxygen atoms in total. The van der Waals surface area contributed by atoms with Crippen LogP contribution in [0.5, 0.6) is 0 Å². The summed E-state index contributed by atoms with van der Waals surface area (Å²) in [4.78, 5) is 37.2. The van der Waals surface area contributed by atoms with Crippen molar-refractivity contribution in [2.45, 2.75) is 141 Å². The van der Waals surface area contributed by atoms with Gasteiger partial charge in [-0.15, -0.1) is 0 Å². The van der Waals surface area contributed by atoms with Crippen molar-refractivity contribution in [1.82, 2.24) is 19.5 Å². The van der Waals surface area contributed by atoms with Crippen LogP contribution in [0.15, 0.2) is 11.1 Å². The zero-order valence-electron chi connectivity index (χ0n) is 29.0. The van der Waals surface area contributed by atoms with E-state index in [1.165, 1.54) is 6.33 Å². The Balaban J connectivity index is 1.62. The summed E-state index contributed by atoms with van der Waals surface area (Å²) in [7, 11) is -5.80. The van der Waals surface area contributed by atoms with Crippen LogP contribution in [0.2, 0.25) is 22.2 Å². The monoisotopic (exact) mass is 679 g/mol. The van der Waals surface area contributed by atoms with Gasteiger partial charge in [0.1, 0.15) is 18.3 Å². The standard InChI is InChI=1S/C31H53N5O8Si2/c1-17(2)28(37)34-31-33-27-24(29(38)35-31)32-16-36(27)30-26(42-23-13-11-12-14-39-23)25-22(41-30)15-40-45(18(3)4,19(5)6)44-46(43-25,20(7)8)21(9)10/h16-23,25-26,30H,11-15H2,1-10H3,(H2,33,34,35,37,38)/t22-,23?,25-,26-,30-/m1/s1. The number of anilines is 1. The number of ether oxygens (including phenoxy) is 3. The Morgan fingerprint density at radius 3 is 2.28 bits per heavy atom. The molecular formula is C31H53N5O8Si2. The van der Waals surface area contributed by atoms with Gasteiger partial charge < -0.3 is 27.2 Å². The quantitative estimate of drug-likeness (QED) is 0.327. The van der Waals surface area contributed by atoms with Crippen LogP contribution in [0, 0.1) is 5.92 Å². The molecule has 0 aromatic carbocycles. The van der Waals surface area contributed by atoms with E-state index in [2.05, 4.69) is 75.7 Å². The third-order valence-electron chi connectivity index (χ3n) is 9.54. The van der Waals surface area contributed by atoms with E-state index in [1.807, 2.05) is 0 Å². The number of imidazole rings is 1. The summed E-state index contributed by atoms with van der Waals surface area (Å²) in [5.74, 6) is -0.526. The van der Waals surface area contributed by atoms with Gasteiger partial charge in [0.2, 0.25) is 11.9 Å². The second-order valence-corrected chi connectivity index (χ2v) is 23.2. The maximum absolute atomic E-state index is 13.1. The summed E-state index contributed by atoms with van der Waals surface area (Å²) in [6.45, 7) is 21.9. The number of H-pyrrole nitrogens is 1. The molecule has 0 bridgehead atoms. The molecule has 5 atom stereocenters. The molecule has 3 saturated heterocycles. The molecule has 0 spiro atoms. The number of amides is 1. The molecule has 5 heterocycles. The van der Waals surface area contributed by atoms with Gasteiger partial charge in [0.05, 0.1) is 12.9 Å². The van der Waals surface area contributed by atoms with E-state index >= 15 is 0 Å². The van der Waals surface area contributed by atoms with Gasteiger partial charge in [-0.25, -0.2) is 4.98 Å². The fourth-order valence-electron chi connectivity index (χ4n) is 6.92. The number of carbonyl (C=O) groups excluding carboxylic acids is 1. The zero-order valence-corrected chi connectivity index (χ0v) is 31.0. The summed E-state index contributed by atoms with van der Waals surface area (Å²) in [6.07, 6.45) is 1.36. The average molecular weight is 680 g/mol. The van der Waals surface area contributed by atoms with E-state index in [0.717, 1.165) is 19.3 Å². The fraction of sp³-hybridized carbons (Fsp3) is 0.806. The Labute approximate surface area is 273 Å². The minimum Gasteiger partial charge on any atom is -0.414 e. The number of aromatic amines is 1. The number of carbonyl (C=O) groups is 1. The molecule has 1 amide bonds. The summed E-state index contributed by atoms with van der Waals surface area (Å²) >= 11 is 0. The highest BCUT2D eigenvalue weighted by Gasteiger charge is 2.62. The first kappa shape index (κ1) is 35.3. The Morgan fingerprint density at radius 1 is 1.02 bits per heavy atom. The molecule has 258 valence electrons. The Bertz CT molecular complexity index is 1410. The maximum Gasteiger partial charge on any atom is 0.335 e. The Morgan fingerprint density at radius 2 is 1.70 bits per heavy atom. The first-order chi connectivity index (χ1) is 21.7. The van der Waals surface area contributed by atoms with Crippen LogP contribution < -0.4 is 10.9 Å². The molecule has 5 rings (SSSR count). The number of hydrogen-bond acceptors (Lipinski definition) is 10. The lowest BCUT2D eigenvalue weighted by Crippen LogP contribution is -2.66. The minimum absolute atomic E-state index is 0.0405. The molecular weight excluding hydrogens is 627 g/mol. The van der Waals surface area contributed by atoms with Crippen molar-refractivity contribution >= 4 is 40.1 Å². The van der Waals surface area contributed by atoms with Gasteiger partial charge in [-0.2, -0.15) is 4.98 Å². The van der Waals surface area contributed by atoms with E-state index in [-0.39, 0.29) is 57.7 Å². The second kappa shape index (κ2) is 13.9. The van der Waals surface area contributed by atoms with E-state index in [4.69, 9.17) is 27.2 Å². The summed E-state index contributed by atoms with van der Waals surface area (Å²) in [5.41, 5.74) is 0.528. The summed E-state index contributed by atoms with van der Waals surface area (Å²) in [6, 6.07) is 0. The lowest BCUT2D eigenvalue weighted by molar-refractivity contribution is -0.214. The van der Waals surface area contributed by atoms with E-state index in [0.29, 0.717) is 6.61 Å². The molecule has 2 aromatic rings. The molecule has 3 fully saturated rings. The third kappa shape index (κ3) is 6.53. The molecule has 3 aliphatic heterocycles. The first-order valence-corrected chi connectivity index (χ1v) is 20.9. The lowest BCUT2D eigenvalue weighted by Gasteiger charge is -2.51.